The summed E-state index contributed by atoms with van der Waals surface area (Å²) in [5, 5.41) is 2.78. The summed E-state index contributed by atoms with van der Waals surface area (Å²) >= 11 is 0. The molecule has 0 radical (unpaired) electrons. The molecule has 0 aromatic heterocycles. The summed E-state index contributed by atoms with van der Waals surface area (Å²) in [6.45, 7) is 1.00. The molecule has 32 heavy (non-hydrogen) atoms. The van der Waals surface area contributed by atoms with Crippen LogP contribution in [-0.2, 0) is 21.3 Å². The monoisotopic (exact) mass is 464 g/mol. The molecule has 1 aliphatic heterocycles. The molecule has 1 atom stereocenters. The second-order valence-electron chi connectivity index (χ2n) is 7.22. The Labute approximate surface area is 188 Å². The Kier molecular flexibility index (Phi) is 7.94. The van der Waals surface area contributed by atoms with Gasteiger partial charge in [-0.05, 0) is 37.1 Å². The molecule has 1 aliphatic rings. The van der Waals surface area contributed by atoms with Crippen LogP contribution in [0.2, 0.25) is 0 Å². The van der Waals surface area contributed by atoms with Gasteiger partial charge in [0.25, 0.3) is 5.91 Å². The topological polar surface area (TPSA) is 112 Å². The fourth-order valence-corrected chi connectivity index (χ4v) is 4.52. The quantitative estimate of drug-likeness (QED) is 0.554. The van der Waals surface area contributed by atoms with Crippen LogP contribution in [0.4, 0.5) is 0 Å². The molecule has 1 unspecified atom stereocenters. The normalized spacial score (nSPS) is 15.9. The van der Waals surface area contributed by atoms with E-state index < -0.39 is 15.9 Å². The Morgan fingerprint density at radius 1 is 1.06 bits per heavy atom. The van der Waals surface area contributed by atoms with Gasteiger partial charge in [-0.15, -0.1) is 0 Å². The van der Waals surface area contributed by atoms with Crippen LogP contribution in [0.15, 0.2) is 41.3 Å². The third-order valence-corrected chi connectivity index (χ3v) is 6.58. The van der Waals surface area contributed by atoms with Gasteiger partial charge < -0.3 is 24.3 Å². The van der Waals surface area contributed by atoms with Crippen molar-refractivity contribution in [3.63, 3.8) is 0 Å². The van der Waals surface area contributed by atoms with E-state index in [-0.39, 0.29) is 29.7 Å². The van der Waals surface area contributed by atoms with Gasteiger partial charge in [0.15, 0.2) is 11.5 Å². The van der Waals surface area contributed by atoms with Gasteiger partial charge in [0.2, 0.25) is 10.0 Å². The van der Waals surface area contributed by atoms with E-state index in [1.54, 1.807) is 18.2 Å². The molecule has 1 amide bonds. The number of methoxy groups -OCH3 is 3. The first-order chi connectivity index (χ1) is 15.4. The molecule has 9 nitrogen and oxygen atoms in total. The van der Waals surface area contributed by atoms with Gasteiger partial charge in [0, 0.05) is 36.9 Å². The van der Waals surface area contributed by atoms with E-state index in [9.17, 15) is 13.2 Å². The van der Waals surface area contributed by atoms with Crippen molar-refractivity contribution in [1.82, 2.24) is 10.0 Å². The van der Waals surface area contributed by atoms with Gasteiger partial charge in [-0.1, -0.05) is 6.07 Å². The van der Waals surface area contributed by atoms with E-state index in [1.807, 2.05) is 0 Å². The summed E-state index contributed by atoms with van der Waals surface area (Å²) in [4.78, 5) is 12.7. The molecular weight excluding hydrogens is 436 g/mol. The van der Waals surface area contributed by atoms with Crippen LogP contribution < -0.4 is 24.2 Å². The molecule has 2 N–H and O–H groups in total. The van der Waals surface area contributed by atoms with Gasteiger partial charge >= 0.3 is 0 Å². The highest BCUT2D eigenvalue weighted by Crippen LogP contribution is 2.34. The lowest BCUT2D eigenvalue weighted by atomic mass is 10.1. The fourth-order valence-electron chi connectivity index (χ4n) is 3.40. The number of carbonyl (C=O) groups excluding carboxylic acids is 1. The minimum absolute atomic E-state index is 0.0202. The van der Waals surface area contributed by atoms with Crippen molar-refractivity contribution in [2.45, 2.75) is 30.4 Å². The number of hydrogen-bond acceptors (Lipinski definition) is 7. The lowest BCUT2D eigenvalue weighted by Crippen LogP contribution is -2.32. The summed E-state index contributed by atoms with van der Waals surface area (Å²) < 4.78 is 49.2. The van der Waals surface area contributed by atoms with Crippen LogP contribution in [-0.4, -0.2) is 54.9 Å². The standard InChI is InChI=1S/C22H28N2O7S/c1-28-19-12-21(30-3)20(29-2)11-16(19)13-23-22(25)15-6-4-8-18(10-15)32(26,27)24-14-17-7-5-9-31-17/h4,6,8,10-12,17,24H,5,7,9,13-14H2,1-3H3,(H,23,25). The van der Waals surface area contributed by atoms with Crippen LogP contribution >= 0.6 is 0 Å². The summed E-state index contributed by atoms with van der Waals surface area (Å²) in [5.74, 6) is 1.12. The number of rotatable bonds is 10. The third-order valence-electron chi connectivity index (χ3n) is 5.16. The molecule has 1 heterocycles. The third kappa shape index (κ3) is 5.70. The summed E-state index contributed by atoms with van der Waals surface area (Å²) in [7, 11) is 0.802. The zero-order valence-corrected chi connectivity index (χ0v) is 19.2. The Morgan fingerprint density at radius 2 is 1.78 bits per heavy atom. The maximum atomic E-state index is 12.7. The zero-order valence-electron chi connectivity index (χ0n) is 18.3. The molecule has 1 saturated heterocycles. The Bertz CT molecular complexity index is 1050. The maximum absolute atomic E-state index is 12.7. The predicted molar refractivity (Wildman–Crippen MR) is 118 cm³/mol. The zero-order chi connectivity index (χ0) is 23.1. The first-order valence-corrected chi connectivity index (χ1v) is 11.6. The van der Waals surface area contributed by atoms with E-state index in [0.717, 1.165) is 12.8 Å². The Morgan fingerprint density at radius 3 is 2.44 bits per heavy atom. The van der Waals surface area contributed by atoms with E-state index in [2.05, 4.69) is 10.0 Å². The largest absolute Gasteiger partial charge is 0.496 e. The van der Waals surface area contributed by atoms with Crippen LogP contribution in [0, 0.1) is 0 Å². The molecule has 0 bridgehead atoms. The molecule has 0 aliphatic carbocycles. The van der Waals surface area contributed by atoms with Crippen LogP contribution in [0.1, 0.15) is 28.8 Å². The minimum Gasteiger partial charge on any atom is -0.496 e. The minimum atomic E-state index is -3.76. The van der Waals surface area contributed by atoms with Crippen LogP contribution in [0.25, 0.3) is 0 Å². The molecule has 1 fully saturated rings. The SMILES string of the molecule is COc1cc(OC)c(OC)cc1CNC(=O)c1cccc(S(=O)(=O)NCC2CCCO2)c1. The molecule has 174 valence electrons. The highest BCUT2D eigenvalue weighted by molar-refractivity contribution is 7.89. The number of benzene rings is 2. The lowest BCUT2D eigenvalue weighted by Gasteiger charge is -2.15. The number of nitrogens with one attached hydrogen (secondary N) is 2. The highest BCUT2D eigenvalue weighted by Gasteiger charge is 2.21. The number of sulfonamides is 1. The van der Waals surface area contributed by atoms with Crippen molar-refractivity contribution in [3.8, 4) is 17.2 Å². The first-order valence-electron chi connectivity index (χ1n) is 10.2. The fraction of sp³-hybridized carbons (Fsp3) is 0.409. The van der Waals surface area contributed by atoms with Crippen LogP contribution in [0.5, 0.6) is 17.2 Å². The molecule has 2 aromatic carbocycles. The second-order valence-corrected chi connectivity index (χ2v) is 8.98. The van der Waals surface area contributed by atoms with Crippen molar-refractivity contribution in [3.05, 3.63) is 47.5 Å². The molecule has 2 aromatic rings. The number of hydrogen-bond donors (Lipinski definition) is 2. The van der Waals surface area contributed by atoms with E-state index in [4.69, 9.17) is 18.9 Å². The Balaban J connectivity index is 1.70. The van der Waals surface area contributed by atoms with Crippen molar-refractivity contribution >= 4 is 15.9 Å². The highest BCUT2D eigenvalue weighted by atomic mass is 32.2. The first kappa shape index (κ1) is 23.8. The lowest BCUT2D eigenvalue weighted by molar-refractivity contribution is 0.0950. The van der Waals surface area contributed by atoms with E-state index in [0.29, 0.717) is 29.4 Å². The molecule has 10 heteroatoms. The van der Waals surface area contributed by atoms with Crippen molar-refractivity contribution in [1.29, 1.82) is 0 Å². The van der Waals surface area contributed by atoms with Crippen molar-refractivity contribution in [2.75, 3.05) is 34.5 Å². The van der Waals surface area contributed by atoms with Crippen molar-refractivity contribution in [2.24, 2.45) is 0 Å². The van der Waals surface area contributed by atoms with Gasteiger partial charge in [0.1, 0.15) is 5.75 Å². The van der Waals surface area contributed by atoms with Gasteiger partial charge in [-0.25, -0.2) is 13.1 Å². The smallest absolute Gasteiger partial charge is 0.251 e. The second kappa shape index (κ2) is 10.7. The number of amides is 1. The number of carbonyl (C=O) groups is 1. The van der Waals surface area contributed by atoms with E-state index in [1.165, 1.54) is 39.5 Å². The maximum Gasteiger partial charge on any atom is 0.251 e. The molecular formula is C22H28N2O7S. The van der Waals surface area contributed by atoms with Gasteiger partial charge in [-0.2, -0.15) is 0 Å². The van der Waals surface area contributed by atoms with E-state index >= 15 is 0 Å². The number of ether oxygens (including phenoxy) is 4. The molecule has 0 spiro atoms. The van der Waals surface area contributed by atoms with Crippen LogP contribution in [0.3, 0.4) is 0 Å². The Hall–Kier alpha value is -2.82. The van der Waals surface area contributed by atoms with Crippen molar-refractivity contribution < 1.29 is 32.2 Å². The molecule has 0 saturated carbocycles. The summed E-state index contributed by atoms with van der Waals surface area (Å²) in [6, 6.07) is 9.28. The average molecular weight is 465 g/mol. The van der Waals surface area contributed by atoms with Gasteiger partial charge in [-0.3, -0.25) is 4.79 Å². The summed E-state index contributed by atoms with van der Waals surface area (Å²) in [5.41, 5.74) is 0.907. The summed E-state index contributed by atoms with van der Waals surface area (Å²) in [6.07, 6.45) is 1.63. The predicted octanol–water partition coefficient (Wildman–Crippen LogP) is 2.10. The molecule has 3 rings (SSSR count). The van der Waals surface area contributed by atoms with Gasteiger partial charge in [0.05, 0.1) is 32.3 Å². The average Bonchev–Trinajstić information content (AvgIpc) is 3.34.